The van der Waals surface area contributed by atoms with Crippen molar-refractivity contribution < 1.29 is 27.4 Å². The van der Waals surface area contributed by atoms with Crippen molar-refractivity contribution in [2.24, 2.45) is 10.7 Å². The number of ether oxygens (including phenoxy) is 2. The molecule has 7 nitrogen and oxygen atoms in total. The van der Waals surface area contributed by atoms with Crippen LogP contribution in [0.3, 0.4) is 0 Å². The van der Waals surface area contributed by atoms with E-state index in [0.717, 1.165) is 6.42 Å². The van der Waals surface area contributed by atoms with Crippen LogP contribution in [0.25, 0.3) is 0 Å². The van der Waals surface area contributed by atoms with Crippen molar-refractivity contribution >= 4 is 17.6 Å². The molecule has 0 radical (unpaired) electrons. The highest BCUT2D eigenvalue weighted by molar-refractivity contribution is 5.94. The van der Waals surface area contributed by atoms with E-state index in [1.165, 1.54) is 0 Å². The molecule has 0 atom stereocenters. The maximum atomic E-state index is 12.0. The van der Waals surface area contributed by atoms with Gasteiger partial charge in [0.25, 0.3) is 0 Å². The molecule has 0 fully saturated rings. The van der Waals surface area contributed by atoms with Crippen LogP contribution in [-0.2, 0) is 4.79 Å². The van der Waals surface area contributed by atoms with E-state index in [1.807, 2.05) is 0 Å². The summed E-state index contributed by atoms with van der Waals surface area (Å²) in [4.78, 5) is 14.9. The summed E-state index contributed by atoms with van der Waals surface area (Å²) in [6.45, 7) is -0.827. The molecule has 1 heterocycles. The minimum Gasteiger partial charge on any atom is -0.490 e. The van der Waals surface area contributed by atoms with E-state index in [0.29, 0.717) is 30.4 Å². The van der Waals surface area contributed by atoms with Crippen LogP contribution < -0.4 is 25.8 Å². The predicted molar refractivity (Wildman–Crippen MR) is 81.2 cm³/mol. The Balaban J connectivity index is 1.88. The number of benzene rings is 1. The van der Waals surface area contributed by atoms with Crippen molar-refractivity contribution in [1.29, 1.82) is 0 Å². The van der Waals surface area contributed by atoms with Crippen LogP contribution >= 0.6 is 0 Å². The van der Waals surface area contributed by atoms with Gasteiger partial charge in [-0.05, 0) is 12.1 Å². The fraction of sp³-hybridized carbons (Fsp3) is 0.429. The zero-order chi connectivity index (χ0) is 17.6. The first-order valence-corrected chi connectivity index (χ1v) is 7.13. The van der Waals surface area contributed by atoms with Crippen molar-refractivity contribution in [2.45, 2.75) is 12.6 Å². The fourth-order valence-corrected chi connectivity index (χ4v) is 1.84. The number of hydrogen-bond acceptors (Lipinski definition) is 4. The number of aliphatic imine (C=N–C) groups is 1. The Morgan fingerprint density at radius 1 is 1.25 bits per heavy atom. The summed E-state index contributed by atoms with van der Waals surface area (Å²) >= 11 is 0. The second-order valence-corrected chi connectivity index (χ2v) is 4.93. The molecule has 1 aromatic carbocycles. The average molecular weight is 346 g/mol. The standard InChI is InChI=1S/C14H17F3N4O3/c15-14(16,17)8-20-12(22)7-19-13(18)21-9-2-3-10-11(6-9)24-5-1-4-23-10/h2-3,6H,1,4-5,7-8H2,(H,20,22)(H3,18,19,21). The van der Waals surface area contributed by atoms with Gasteiger partial charge in [-0.1, -0.05) is 0 Å². The van der Waals surface area contributed by atoms with Crippen LogP contribution in [0, 0.1) is 0 Å². The topological polar surface area (TPSA) is 98.0 Å². The maximum absolute atomic E-state index is 12.0. The average Bonchev–Trinajstić information content (AvgIpc) is 2.75. The van der Waals surface area contributed by atoms with Crippen molar-refractivity contribution in [3.05, 3.63) is 18.2 Å². The Kier molecular flexibility index (Phi) is 5.72. The normalized spacial score (nSPS) is 14.7. The van der Waals surface area contributed by atoms with Gasteiger partial charge in [0.2, 0.25) is 5.91 Å². The second-order valence-electron chi connectivity index (χ2n) is 4.93. The van der Waals surface area contributed by atoms with E-state index in [4.69, 9.17) is 15.2 Å². The number of guanidine groups is 1. The van der Waals surface area contributed by atoms with Crippen molar-refractivity contribution in [2.75, 3.05) is 31.6 Å². The number of anilines is 1. The first kappa shape index (κ1) is 17.7. The molecule has 0 saturated heterocycles. The molecule has 0 aromatic heterocycles. The number of carbonyl (C=O) groups excluding carboxylic acids is 1. The quantitative estimate of drug-likeness (QED) is 0.563. The van der Waals surface area contributed by atoms with E-state index in [1.54, 1.807) is 23.5 Å². The lowest BCUT2D eigenvalue weighted by Gasteiger charge is -2.11. The second kappa shape index (κ2) is 7.75. The summed E-state index contributed by atoms with van der Waals surface area (Å²) in [7, 11) is 0. The van der Waals surface area contributed by atoms with E-state index < -0.39 is 25.2 Å². The van der Waals surface area contributed by atoms with Crippen molar-refractivity contribution in [1.82, 2.24) is 5.32 Å². The molecule has 1 aliphatic rings. The minimum atomic E-state index is -4.47. The zero-order valence-electron chi connectivity index (χ0n) is 12.7. The molecule has 1 aromatic rings. The van der Waals surface area contributed by atoms with Gasteiger partial charge in [0, 0.05) is 18.2 Å². The summed E-state index contributed by atoms with van der Waals surface area (Å²) in [5.41, 5.74) is 6.16. The number of fused-ring (bicyclic) bond motifs is 1. The van der Waals surface area contributed by atoms with Crippen LogP contribution in [0.5, 0.6) is 11.5 Å². The van der Waals surface area contributed by atoms with Crippen LogP contribution in [0.2, 0.25) is 0 Å². The first-order chi connectivity index (χ1) is 11.3. The molecule has 0 bridgehead atoms. The molecule has 24 heavy (non-hydrogen) atoms. The molecule has 0 unspecified atom stereocenters. The Morgan fingerprint density at radius 3 is 2.67 bits per heavy atom. The lowest BCUT2D eigenvalue weighted by Crippen LogP contribution is -2.35. The summed E-state index contributed by atoms with van der Waals surface area (Å²) in [6, 6.07) is 5.04. The molecule has 2 rings (SSSR count). The predicted octanol–water partition coefficient (Wildman–Crippen LogP) is 1.25. The third-order valence-electron chi connectivity index (χ3n) is 2.90. The minimum absolute atomic E-state index is 0.105. The SMILES string of the molecule is NC(=NCC(=O)NCC(F)(F)F)Nc1ccc2c(c1)OCCCO2. The van der Waals surface area contributed by atoms with Gasteiger partial charge in [0.05, 0.1) is 13.2 Å². The first-order valence-electron chi connectivity index (χ1n) is 7.13. The number of halogens is 3. The van der Waals surface area contributed by atoms with E-state index >= 15 is 0 Å². The van der Waals surface area contributed by atoms with Crippen LogP contribution in [0.15, 0.2) is 23.2 Å². The Morgan fingerprint density at radius 2 is 1.96 bits per heavy atom. The molecule has 0 saturated carbocycles. The third-order valence-corrected chi connectivity index (χ3v) is 2.90. The molecule has 0 spiro atoms. The van der Waals surface area contributed by atoms with Crippen LogP contribution in [-0.4, -0.2) is 44.3 Å². The Labute approximate surface area is 136 Å². The van der Waals surface area contributed by atoms with Crippen LogP contribution in [0.1, 0.15) is 6.42 Å². The summed E-state index contributed by atoms with van der Waals surface area (Å²) in [6.07, 6.45) is -3.69. The summed E-state index contributed by atoms with van der Waals surface area (Å²) in [5.74, 6) is 0.177. The number of rotatable bonds is 4. The number of amides is 1. The van der Waals surface area contributed by atoms with E-state index in [2.05, 4.69) is 10.3 Å². The fourth-order valence-electron chi connectivity index (χ4n) is 1.84. The molecule has 10 heteroatoms. The number of hydrogen-bond donors (Lipinski definition) is 3. The lowest BCUT2D eigenvalue weighted by molar-refractivity contribution is -0.137. The largest absolute Gasteiger partial charge is 0.490 e. The Bertz CT molecular complexity index is 620. The summed E-state index contributed by atoms with van der Waals surface area (Å²) < 4.78 is 46.9. The number of alkyl halides is 3. The van der Waals surface area contributed by atoms with E-state index in [9.17, 15) is 18.0 Å². The monoisotopic (exact) mass is 346 g/mol. The van der Waals surface area contributed by atoms with Gasteiger partial charge in [-0.3, -0.25) is 4.79 Å². The molecular formula is C14H17F3N4O3. The van der Waals surface area contributed by atoms with Crippen molar-refractivity contribution in [3.63, 3.8) is 0 Å². The van der Waals surface area contributed by atoms with E-state index in [-0.39, 0.29) is 5.96 Å². The van der Waals surface area contributed by atoms with Gasteiger partial charge in [0.1, 0.15) is 13.1 Å². The molecule has 4 N–H and O–H groups in total. The van der Waals surface area contributed by atoms with Crippen molar-refractivity contribution in [3.8, 4) is 11.5 Å². The molecule has 132 valence electrons. The van der Waals surface area contributed by atoms with Gasteiger partial charge >= 0.3 is 6.18 Å². The van der Waals surface area contributed by atoms with Gasteiger partial charge in [-0.15, -0.1) is 0 Å². The Hall–Kier alpha value is -2.65. The molecule has 1 aliphatic heterocycles. The number of nitrogens with one attached hydrogen (secondary N) is 2. The number of nitrogens with two attached hydrogens (primary N) is 1. The van der Waals surface area contributed by atoms with Gasteiger partial charge in [-0.2, -0.15) is 13.2 Å². The highest BCUT2D eigenvalue weighted by Crippen LogP contribution is 2.32. The highest BCUT2D eigenvalue weighted by Gasteiger charge is 2.27. The maximum Gasteiger partial charge on any atom is 0.405 e. The van der Waals surface area contributed by atoms with Gasteiger partial charge in [-0.25, -0.2) is 4.99 Å². The molecular weight excluding hydrogens is 329 g/mol. The number of nitrogens with zero attached hydrogens (tertiary/aromatic N) is 1. The lowest BCUT2D eigenvalue weighted by atomic mass is 10.3. The van der Waals surface area contributed by atoms with Crippen LogP contribution in [0.4, 0.5) is 18.9 Å². The smallest absolute Gasteiger partial charge is 0.405 e. The molecule has 1 amide bonds. The highest BCUT2D eigenvalue weighted by atomic mass is 19.4. The zero-order valence-corrected chi connectivity index (χ0v) is 12.7. The third kappa shape index (κ3) is 5.86. The van der Waals surface area contributed by atoms with Gasteiger partial charge < -0.3 is 25.8 Å². The van der Waals surface area contributed by atoms with Gasteiger partial charge in [0.15, 0.2) is 17.5 Å². The number of carbonyl (C=O) groups is 1. The summed E-state index contributed by atoms with van der Waals surface area (Å²) in [5, 5.41) is 4.43. The molecule has 0 aliphatic carbocycles.